The molecule has 0 radical (unpaired) electrons. The fourth-order valence-electron chi connectivity index (χ4n) is 4.77. The number of benzene rings is 1. The second kappa shape index (κ2) is 8.32. The van der Waals surface area contributed by atoms with Crippen LogP contribution in [-0.2, 0) is 16.1 Å². The molecule has 5 amide bonds. The number of hydrogen-bond donors (Lipinski definition) is 2. The Hall–Kier alpha value is -2.90. The molecule has 0 bridgehead atoms. The number of imide groups is 1. The van der Waals surface area contributed by atoms with E-state index >= 15 is 0 Å². The molecular weight excluding hydrogens is 396 g/mol. The largest absolute Gasteiger partial charge is 0.355 e. The van der Waals surface area contributed by atoms with Crippen molar-refractivity contribution in [2.24, 2.45) is 5.92 Å². The van der Waals surface area contributed by atoms with Gasteiger partial charge >= 0.3 is 6.03 Å². The molecule has 0 unspecified atom stereocenters. The first kappa shape index (κ1) is 21.3. The van der Waals surface area contributed by atoms with Crippen molar-refractivity contribution in [1.29, 1.82) is 0 Å². The molecule has 166 valence electrons. The van der Waals surface area contributed by atoms with Crippen molar-refractivity contribution in [3.05, 3.63) is 35.4 Å². The second-order valence-electron chi connectivity index (χ2n) is 8.97. The highest BCUT2D eigenvalue weighted by molar-refractivity contribution is 6.09. The maximum absolute atomic E-state index is 13.2. The number of hydrogen-bond acceptors (Lipinski definition) is 4. The highest BCUT2D eigenvalue weighted by Gasteiger charge is 2.55. The third-order valence-corrected chi connectivity index (χ3v) is 6.90. The van der Waals surface area contributed by atoms with E-state index in [1.165, 1.54) is 0 Å². The summed E-state index contributed by atoms with van der Waals surface area (Å²) in [6, 6.07) is 6.80. The third kappa shape index (κ3) is 4.03. The van der Waals surface area contributed by atoms with Crippen LogP contribution in [0.25, 0.3) is 0 Å². The van der Waals surface area contributed by atoms with Crippen LogP contribution in [0.15, 0.2) is 24.3 Å². The summed E-state index contributed by atoms with van der Waals surface area (Å²) < 4.78 is 0. The normalized spacial score (nSPS) is 25.5. The number of carbonyl (C=O) groups is 4. The van der Waals surface area contributed by atoms with Crippen LogP contribution in [0.3, 0.4) is 0 Å². The Morgan fingerprint density at radius 2 is 1.87 bits per heavy atom. The van der Waals surface area contributed by atoms with Gasteiger partial charge in [-0.15, -0.1) is 0 Å². The van der Waals surface area contributed by atoms with E-state index in [1.54, 1.807) is 24.1 Å². The average Bonchev–Trinajstić information content (AvgIpc) is 3.58. The molecule has 2 saturated carbocycles. The van der Waals surface area contributed by atoms with E-state index in [1.807, 2.05) is 19.1 Å². The van der Waals surface area contributed by atoms with E-state index in [0.29, 0.717) is 18.5 Å². The van der Waals surface area contributed by atoms with Crippen LogP contribution in [0.4, 0.5) is 4.79 Å². The smallest absolute Gasteiger partial charge is 0.325 e. The number of nitrogens with zero attached hydrogens (tertiary/aromatic N) is 2. The Morgan fingerprint density at radius 3 is 2.48 bits per heavy atom. The highest BCUT2D eigenvalue weighted by atomic mass is 16.2. The molecule has 3 fully saturated rings. The van der Waals surface area contributed by atoms with Crippen molar-refractivity contribution in [2.45, 2.75) is 63.6 Å². The second-order valence-corrected chi connectivity index (χ2v) is 8.97. The van der Waals surface area contributed by atoms with Crippen LogP contribution in [0, 0.1) is 5.92 Å². The SMILES string of the molecule is CNC(=O)c1ccc(CN(C(=O)CN2C(=O)N[C@]3(CCCC[C@@H]3C)C2=O)C2CC2)cc1. The molecule has 1 aliphatic heterocycles. The van der Waals surface area contributed by atoms with Gasteiger partial charge in [0.1, 0.15) is 12.1 Å². The molecule has 1 spiro atoms. The van der Waals surface area contributed by atoms with Crippen molar-refractivity contribution < 1.29 is 19.2 Å². The van der Waals surface area contributed by atoms with Gasteiger partial charge in [-0.05, 0) is 49.3 Å². The molecule has 1 aromatic rings. The maximum atomic E-state index is 13.2. The van der Waals surface area contributed by atoms with E-state index in [0.717, 1.165) is 42.6 Å². The Labute approximate surface area is 182 Å². The van der Waals surface area contributed by atoms with Crippen LogP contribution >= 0.6 is 0 Å². The van der Waals surface area contributed by atoms with Gasteiger partial charge in [-0.1, -0.05) is 31.9 Å². The summed E-state index contributed by atoms with van der Waals surface area (Å²) in [5, 5.41) is 5.49. The van der Waals surface area contributed by atoms with E-state index in [2.05, 4.69) is 10.6 Å². The van der Waals surface area contributed by atoms with Gasteiger partial charge in [0.15, 0.2) is 0 Å². The number of rotatable bonds is 6. The molecule has 2 aliphatic carbocycles. The van der Waals surface area contributed by atoms with Crippen LogP contribution < -0.4 is 10.6 Å². The van der Waals surface area contributed by atoms with Crippen LogP contribution in [0.2, 0.25) is 0 Å². The molecule has 2 N–H and O–H groups in total. The molecule has 4 rings (SSSR count). The lowest BCUT2D eigenvalue weighted by Gasteiger charge is -2.36. The average molecular weight is 427 g/mol. The van der Waals surface area contributed by atoms with Crippen LogP contribution in [-0.4, -0.2) is 58.7 Å². The minimum Gasteiger partial charge on any atom is -0.355 e. The predicted molar refractivity (Wildman–Crippen MR) is 114 cm³/mol. The molecule has 0 aromatic heterocycles. The quantitative estimate of drug-likeness (QED) is 0.680. The van der Waals surface area contributed by atoms with Crippen molar-refractivity contribution in [3.8, 4) is 0 Å². The first-order valence-corrected chi connectivity index (χ1v) is 11.1. The van der Waals surface area contributed by atoms with Gasteiger partial charge in [-0.25, -0.2) is 4.79 Å². The predicted octanol–water partition coefficient (Wildman–Crippen LogP) is 2.04. The lowest BCUT2D eigenvalue weighted by Crippen LogP contribution is -2.54. The minimum atomic E-state index is -0.851. The zero-order valence-corrected chi connectivity index (χ0v) is 18.1. The van der Waals surface area contributed by atoms with Gasteiger partial charge in [0, 0.05) is 25.2 Å². The van der Waals surface area contributed by atoms with Crippen molar-refractivity contribution in [3.63, 3.8) is 0 Å². The molecule has 1 heterocycles. The first-order valence-electron chi connectivity index (χ1n) is 11.1. The molecule has 2 atom stereocenters. The third-order valence-electron chi connectivity index (χ3n) is 6.90. The first-order chi connectivity index (χ1) is 14.9. The van der Waals surface area contributed by atoms with Crippen molar-refractivity contribution in [2.75, 3.05) is 13.6 Å². The monoisotopic (exact) mass is 426 g/mol. The van der Waals surface area contributed by atoms with Crippen molar-refractivity contribution in [1.82, 2.24) is 20.4 Å². The molecule has 8 heteroatoms. The molecule has 1 aromatic carbocycles. The van der Waals surface area contributed by atoms with Gasteiger partial charge in [0.25, 0.3) is 11.8 Å². The Balaban J connectivity index is 1.45. The fraction of sp³-hybridized carbons (Fsp3) is 0.565. The number of nitrogens with one attached hydrogen (secondary N) is 2. The minimum absolute atomic E-state index is 0.0659. The van der Waals surface area contributed by atoms with E-state index in [-0.39, 0.29) is 36.2 Å². The zero-order valence-electron chi connectivity index (χ0n) is 18.1. The fourth-order valence-corrected chi connectivity index (χ4v) is 4.77. The molecule has 31 heavy (non-hydrogen) atoms. The summed E-state index contributed by atoms with van der Waals surface area (Å²) in [4.78, 5) is 53.5. The summed E-state index contributed by atoms with van der Waals surface area (Å²) in [6.45, 7) is 2.16. The summed E-state index contributed by atoms with van der Waals surface area (Å²) in [7, 11) is 1.58. The zero-order chi connectivity index (χ0) is 22.2. The van der Waals surface area contributed by atoms with Gasteiger partial charge in [0.05, 0.1) is 0 Å². The maximum Gasteiger partial charge on any atom is 0.325 e. The van der Waals surface area contributed by atoms with Crippen LogP contribution in [0.5, 0.6) is 0 Å². The number of urea groups is 1. The summed E-state index contributed by atoms with van der Waals surface area (Å²) >= 11 is 0. The summed E-state index contributed by atoms with van der Waals surface area (Å²) in [6.07, 6.45) is 5.32. The van der Waals surface area contributed by atoms with Gasteiger partial charge in [-0.3, -0.25) is 19.3 Å². The van der Waals surface area contributed by atoms with Gasteiger partial charge < -0.3 is 15.5 Å². The standard InChI is InChI=1S/C23H30N4O4/c1-15-5-3-4-12-23(15)21(30)27(22(31)25-23)14-19(28)26(18-10-11-18)13-16-6-8-17(9-7-16)20(29)24-2/h6-9,15,18H,3-5,10-14H2,1-2H3,(H,24,29)(H,25,31)/t15-,23-/m0/s1. The van der Waals surface area contributed by atoms with E-state index in [9.17, 15) is 19.2 Å². The Bertz CT molecular complexity index is 895. The van der Waals surface area contributed by atoms with Crippen molar-refractivity contribution >= 4 is 23.8 Å². The molecule has 1 saturated heterocycles. The molecule has 3 aliphatic rings. The number of carbonyl (C=O) groups excluding carboxylic acids is 4. The topological polar surface area (TPSA) is 98.8 Å². The Kier molecular flexibility index (Phi) is 5.73. The number of amides is 5. The van der Waals surface area contributed by atoms with E-state index < -0.39 is 11.6 Å². The molecular formula is C23H30N4O4. The highest BCUT2D eigenvalue weighted by Crippen LogP contribution is 2.38. The Morgan fingerprint density at radius 1 is 1.16 bits per heavy atom. The van der Waals surface area contributed by atoms with Gasteiger partial charge in [0.2, 0.25) is 5.91 Å². The lowest BCUT2D eigenvalue weighted by molar-refractivity contribution is -0.141. The van der Waals surface area contributed by atoms with E-state index in [4.69, 9.17) is 0 Å². The summed E-state index contributed by atoms with van der Waals surface area (Å²) in [5.41, 5.74) is 0.611. The summed E-state index contributed by atoms with van der Waals surface area (Å²) in [5.74, 6) is -0.576. The van der Waals surface area contributed by atoms with Crippen LogP contribution in [0.1, 0.15) is 61.4 Å². The molecule has 8 nitrogen and oxygen atoms in total. The lowest BCUT2D eigenvalue weighted by atomic mass is 9.73. The van der Waals surface area contributed by atoms with Gasteiger partial charge in [-0.2, -0.15) is 0 Å².